The average Bonchev–Trinajstić information content (AvgIpc) is 2.52. The summed E-state index contributed by atoms with van der Waals surface area (Å²) in [5.41, 5.74) is -0.00822. The van der Waals surface area contributed by atoms with Gasteiger partial charge >= 0.3 is 11.9 Å². The first-order valence-electron chi connectivity index (χ1n) is 9.59. The van der Waals surface area contributed by atoms with Crippen molar-refractivity contribution in [1.29, 1.82) is 0 Å². The number of rotatable bonds is 8. The van der Waals surface area contributed by atoms with Crippen molar-refractivity contribution < 1.29 is 28.2 Å². The maximum absolute atomic E-state index is 13.8. The Kier molecular flexibility index (Phi) is 9.01. The minimum atomic E-state index is -1.57. The van der Waals surface area contributed by atoms with Crippen molar-refractivity contribution in [3.05, 3.63) is 0 Å². The smallest absolute Gasteiger partial charge is 0.341 e. The van der Waals surface area contributed by atoms with Crippen LogP contribution < -0.4 is 0 Å². The minimum Gasteiger partial charge on any atom is -0.460 e. The van der Waals surface area contributed by atoms with Crippen molar-refractivity contribution in [2.75, 3.05) is 7.11 Å². The van der Waals surface area contributed by atoms with E-state index in [9.17, 15) is 14.0 Å². The molecule has 1 aliphatic rings. The summed E-state index contributed by atoms with van der Waals surface area (Å²) >= 11 is 0. The lowest BCUT2D eigenvalue weighted by atomic mass is 9.87. The lowest BCUT2D eigenvalue weighted by molar-refractivity contribution is -0.185. The molecule has 1 aliphatic carbocycles. The Hall–Kier alpha value is -1.17. The first-order valence-corrected chi connectivity index (χ1v) is 9.59. The van der Waals surface area contributed by atoms with E-state index < -0.39 is 18.4 Å². The second-order valence-electron chi connectivity index (χ2n) is 8.87. The molecule has 152 valence electrons. The highest BCUT2D eigenvalue weighted by Gasteiger charge is 2.32. The Morgan fingerprint density at radius 3 is 2.15 bits per heavy atom. The molecular formula is C20H35FO5. The predicted molar refractivity (Wildman–Crippen MR) is 97.2 cm³/mol. The molecule has 26 heavy (non-hydrogen) atoms. The number of ether oxygens (including phenoxy) is 3. The van der Waals surface area contributed by atoms with Crippen molar-refractivity contribution in [1.82, 2.24) is 0 Å². The van der Waals surface area contributed by atoms with Crippen LogP contribution in [0.2, 0.25) is 0 Å². The number of hydrogen-bond donors (Lipinski definition) is 0. The van der Waals surface area contributed by atoms with Gasteiger partial charge in [0.05, 0.1) is 5.92 Å². The van der Waals surface area contributed by atoms with Crippen LogP contribution in [0, 0.1) is 17.3 Å². The molecule has 0 amide bonds. The highest BCUT2D eigenvalue weighted by Crippen LogP contribution is 2.30. The molecule has 0 heterocycles. The van der Waals surface area contributed by atoms with Crippen LogP contribution in [0.3, 0.4) is 0 Å². The molecule has 1 saturated carbocycles. The zero-order valence-corrected chi connectivity index (χ0v) is 17.0. The number of esters is 2. The van der Waals surface area contributed by atoms with E-state index >= 15 is 0 Å². The molecule has 5 nitrogen and oxygen atoms in total. The maximum atomic E-state index is 13.8. The third-order valence-electron chi connectivity index (χ3n) is 4.51. The van der Waals surface area contributed by atoms with Crippen LogP contribution in [0.4, 0.5) is 4.39 Å². The summed E-state index contributed by atoms with van der Waals surface area (Å²) in [4.78, 5) is 24.1. The summed E-state index contributed by atoms with van der Waals surface area (Å²) in [5.74, 6) is -1.17. The molecule has 1 rings (SSSR count). The number of carbonyl (C=O) groups is 2. The monoisotopic (exact) mass is 374 g/mol. The molecule has 0 bridgehead atoms. The summed E-state index contributed by atoms with van der Waals surface area (Å²) in [5, 5.41) is 0. The molecule has 0 aromatic heterocycles. The fraction of sp³-hybridized carbons (Fsp3) is 0.900. The van der Waals surface area contributed by atoms with Crippen LogP contribution in [0.1, 0.15) is 73.1 Å². The molecule has 2 unspecified atom stereocenters. The van der Waals surface area contributed by atoms with Crippen molar-refractivity contribution in [2.24, 2.45) is 17.3 Å². The van der Waals surface area contributed by atoms with Gasteiger partial charge in [-0.2, -0.15) is 0 Å². The minimum absolute atomic E-state index is 0.00822. The van der Waals surface area contributed by atoms with Crippen molar-refractivity contribution in [2.45, 2.75) is 91.7 Å². The van der Waals surface area contributed by atoms with E-state index in [0.29, 0.717) is 32.1 Å². The van der Waals surface area contributed by atoms with E-state index in [4.69, 9.17) is 14.2 Å². The first-order chi connectivity index (χ1) is 12.0. The molecule has 0 saturated heterocycles. The van der Waals surface area contributed by atoms with E-state index in [1.54, 1.807) is 0 Å². The van der Waals surface area contributed by atoms with Gasteiger partial charge in [0.25, 0.3) is 0 Å². The molecule has 0 aromatic carbocycles. The van der Waals surface area contributed by atoms with Crippen LogP contribution in [0.5, 0.6) is 0 Å². The zero-order valence-electron chi connectivity index (χ0n) is 17.0. The number of carbonyl (C=O) groups excluding carboxylic acids is 2. The Morgan fingerprint density at radius 2 is 1.69 bits per heavy atom. The summed E-state index contributed by atoms with van der Waals surface area (Å²) in [6.45, 7) is 9.91. The van der Waals surface area contributed by atoms with Crippen LogP contribution in [0.15, 0.2) is 0 Å². The van der Waals surface area contributed by atoms with Gasteiger partial charge in [0.1, 0.15) is 6.10 Å². The summed E-state index contributed by atoms with van der Waals surface area (Å²) in [7, 11) is 1.53. The molecule has 0 radical (unpaired) electrons. The van der Waals surface area contributed by atoms with Crippen molar-refractivity contribution >= 4 is 11.9 Å². The van der Waals surface area contributed by atoms with Crippen molar-refractivity contribution in [3.63, 3.8) is 0 Å². The third-order valence-corrected chi connectivity index (χ3v) is 4.51. The van der Waals surface area contributed by atoms with Gasteiger partial charge in [-0.3, -0.25) is 4.79 Å². The molecule has 6 heteroatoms. The fourth-order valence-electron chi connectivity index (χ4n) is 3.06. The fourth-order valence-corrected chi connectivity index (χ4v) is 3.06. The molecule has 0 N–H and O–H groups in total. The highest BCUT2D eigenvalue weighted by atomic mass is 19.1. The molecule has 2 atom stereocenters. The normalized spacial score (nSPS) is 23.4. The van der Waals surface area contributed by atoms with Gasteiger partial charge in [-0.1, -0.05) is 34.6 Å². The second kappa shape index (κ2) is 10.2. The third kappa shape index (κ3) is 8.47. The number of alkyl halides is 1. The van der Waals surface area contributed by atoms with E-state index in [2.05, 4.69) is 20.8 Å². The maximum Gasteiger partial charge on any atom is 0.341 e. The van der Waals surface area contributed by atoms with Crippen molar-refractivity contribution in [3.8, 4) is 0 Å². The van der Waals surface area contributed by atoms with Gasteiger partial charge in [-0.15, -0.1) is 0 Å². The highest BCUT2D eigenvalue weighted by molar-refractivity contribution is 5.75. The Morgan fingerprint density at radius 1 is 1.12 bits per heavy atom. The summed E-state index contributed by atoms with van der Waals surface area (Å²) in [6, 6.07) is 0. The second-order valence-corrected chi connectivity index (χ2v) is 8.87. The Labute approximate surface area is 156 Å². The van der Waals surface area contributed by atoms with E-state index in [-0.39, 0.29) is 35.7 Å². The van der Waals surface area contributed by atoms with Crippen LogP contribution >= 0.6 is 0 Å². The SMILES string of the molecule is COC(CC(C)(C)C)OC(=O)C1CCC(OC(=O)C(F)CC(C)C)CC1. The van der Waals surface area contributed by atoms with Crippen LogP contribution in [-0.4, -0.2) is 37.6 Å². The van der Waals surface area contributed by atoms with Gasteiger partial charge in [0.2, 0.25) is 6.29 Å². The van der Waals surface area contributed by atoms with Gasteiger partial charge in [-0.05, 0) is 43.4 Å². The first kappa shape index (κ1) is 22.9. The number of halogens is 1. The van der Waals surface area contributed by atoms with Gasteiger partial charge in [0, 0.05) is 13.5 Å². The lowest BCUT2D eigenvalue weighted by Crippen LogP contribution is -2.34. The standard InChI is InChI=1S/C20H35FO5/c1-13(2)11-16(21)19(23)25-15-9-7-14(8-10-15)18(22)26-17(24-6)12-20(3,4)5/h13-17H,7-12H2,1-6H3. The van der Waals surface area contributed by atoms with Crippen LogP contribution in [0.25, 0.3) is 0 Å². The average molecular weight is 374 g/mol. The van der Waals surface area contributed by atoms with Crippen LogP contribution in [-0.2, 0) is 23.8 Å². The molecule has 0 aromatic rings. The number of hydrogen-bond acceptors (Lipinski definition) is 5. The zero-order chi connectivity index (χ0) is 19.9. The summed E-state index contributed by atoms with van der Waals surface area (Å²) < 4.78 is 29.8. The molecule has 0 spiro atoms. The Balaban J connectivity index is 2.40. The van der Waals surface area contributed by atoms with Gasteiger partial charge in [-0.25, -0.2) is 9.18 Å². The largest absolute Gasteiger partial charge is 0.460 e. The number of methoxy groups -OCH3 is 1. The lowest BCUT2D eigenvalue weighted by Gasteiger charge is -2.30. The summed E-state index contributed by atoms with van der Waals surface area (Å²) in [6.07, 6.45) is 0.605. The molecular weight excluding hydrogens is 339 g/mol. The molecule has 0 aliphatic heterocycles. The van der Waals surface area contributed by atoms with E-state index in [0.717, 1.165) is 0 Å². The van der Waals surface area contributed by atoms with Gasteiger partial charge in [0.15, 0.2) is 6.17 Å². The topological polar surface area (TPSA) is 61.8 Å². The van der Waals surface area contributed by atoms with E-state index in [1.165, 1.54) is 7.11 Å². The Bertz CT molecular complexity index is 450. The molecule has 1 fully saturated rings. The van der Waals surface area contributed by atoms with E-state index in [1.807, 2.05) is 13.8 Å². The predicted octanol–water partition coefficient (Wildman–Crippen LogP) is 4.42. The quantitative estimate of drug-likeness (QED) is 0.465. The van der Waals surface area contributed by atoms with Gasteiger partial charge < -0.3 is 14.2 Å².